The SMILES string of the molecule is CCNC(=S)Nc1ccc(NC(=O)c2ccccc2Cl)c(OC)c1. The van der Waals surface area contributed by atoms with E-state index >= 15 is 0 Å². The lowest BCUT2D eigenvalue weighted by molar-refractivity contribution is 0.102. The van der Waals surface area contributed by atoms with Crippen molar-refractivity contribution in [3.05, 3.63) is 53.1 Å². The fourth-order valence-electron chi connectivity index (χ4n) is 2.04. The average molecular weight is 364 g/mol. The van der Waals surface area contributed by atoms with E-state index in [1.807, 2.05) is 6.92 Å². The Hall–Kier alpha value is -2.31. The summed E-state index contributed by atoms with van der Waals surface area (Å²) in [6.07, 6.45) is 0. The summed E-state index contributed by atoms with van der Waals surface area (Å²) in [7, 11) is 1.53. The van der Waals surface area contributed by atoms with Crippen LogP contribution in [0, 0.1) is 0 Å². The van der Waals surface area contributed by atoms with Gasteiger partial charge in [0.05, 0.1) is 23.4 Å². The van der Waals surface area contributed by atoms with Crippen LogP contribution in [0.5, 0.6) is 5.75 Å². The van der Waals surface area contributed by atoms with E-state index in [0.29, 0.717) is 27.1 Å². The van der Waals surface area contributed by atoms with E-state index < -0.39 is 0 Å². The normalized spacial score (nSPS) is 9.96. The number of anilines is 2. The van der Waals surface area contributed by atoms with E-state index in [2.05, 4.69) is 16.0 Å². The number of carbonyl (C=O) groups excluding carboxylic acids is 1. The van der Waals surface area contributed by atoms with Crippen molar-refractivity contribution in [2.45, 2.75) is 6.92 Å². The Balaban J connectivity index is 2.17. The minimum atomic E-state index is -0.303. The predicted molar refractivity (Wildman–Crippen MR) is 102 cm³/mol. The molecule has 2 aromatic rings. The van der Waals surface area contributed by atoms with Crippen LogP contribution >= 0.6 is 23.8 Å². The first-order chi connectivity index (χ1) is 11.5. The minimum absolute atomic E-state index is 0.303. The van der Waals surface area contributed by atoms with Crippen LogP contribution in [0.25, 0.3) is 0 Å². The molecule has 0 radical (unpaired) electrons. The molecule has 7 heteroatoms. The van der Waals surface area contributed by atoms with Crippen molar-refractivity contribution in [2.75, 3.05) is 24.3 Å². The molecule has 0 heterocycles. The number of amides is 1. The molecule has 0 saturated carbocycles. The van der Waals surface area contributed by atoms with Gasteiger partial charge in [0, 0.05) is 18.3 Å². The van der Waals surface area contributed by atoms with E-state index in [1.54, 1.807) is 42.5 Å². The second kappa shape index (κ2) is 8.52. The molecule has 5 nitrogen and oxygen atoms in total. The number of halogens is 1. The smallest absolute Gasteiger partial charge is 0.257 e. The standard InChI is InChI=1S/C17H18ClN3O2S/c1-3-19-17(24)20-11-8-9-14(15(10-11)23-2)21-16(22)12-6-4-5-7-13(12)18/h4-10H,3H2,1-2H3,(H,21,22)(H2,19,20,24). The molecule has 0 aliphatic heterocycles. The van der Waals surface area contributed by atoms with E-state index in [-0.39, 0.29) is 5.91 Å². The minimum Gasteiger partial charge on any atom is -0.494 e. The van der Waals surface area contributed by atoms with Gasteiger partial charge in [-0.3, -0.25) is 4.79 Å². The van der Waals surface area contributed by atoms with Gasteiger partial charge in [0.15, 0.2) is 5.11 Å². The van der Waals surface area contributed by atoms with Crippen LogP contribution in [-0.2, 0) is 0 Å². The van der Waals surface area contributed by atoms with Crippen molar-refractivity contribution in [3.63, 3.8) is 0 Å². The number of carbonyl (C=O) groups is 1. The van der Waals surface area contributed by atoms with Gasteiger partial charge in [-0.25, -0.2) is 0 Å². The Morgan fingerprint density at radius 2 is 1.96 bits per heavy atom. The summed E-state index contributed by atoms with van der Waals surface area (Å²) in [6, 6.07) is 12.2. The predicted octanol–water partition coefficient (Wildman–Crippen LogP) is 3.91. The van der Waals surface area contributed by atoms with E-state index in [0.717, 1.165) is 12.2 Å². The van der Waals surface area contributed by atoms with Gasteiger partial charge in [0.25, 0.3) is 5.91 Å². The number of nitrogens with one attached hydrogen (secondary N) is 3. The lowest BCUT2D eigenvalue weighted by Gasteiger charge is -2.14. The maximum atomic E-state index is 12.4. The molecule has 0 bridgehead atoms. The molecule has 126 valence electrons. The molecule has 0 atom stereocenters. The molecule has 2 rings (SSSR count). The molecule has 1 amide bonds. The molecule has 24 heavy (non-hydrogen) atoms. The highest BCUT2D eigenvalue weighted by molar-refractivity contribution is 7.80. The van der Waals surface area contributed by atoms with Gasteiger partial charge in [-0.05, 0) is 43.4 Å². The first-order valence-corrected chi connectivity index (χ1v) is 8.12. The lowest BCUT2D eigenvalue weighted by Crippen LogP contribution is -2.27. The van der Waals surface area contributed by atoms with Gasteiger partial charge >= 0.3 is 0 Å². The Kier molecular flexibility index (Phi) is 6.40. The third-order valence-corrected chi connectivity index (χ3v) is 3.74. The van der Waals surface area contributed by atoms with Gasteiger partial charge in [-0.15, -0.1) is 0 Å². The number of methoxy groups -OCH3 is 1. The largest absolute Gasteiger partial charge is 0.494 e. The van der Waals surface area contributed by atoms with Crippen LogP contribution < -0.4 is 20.7 Å². The summed E-state index contributed by atoms with van der Waals surface area (Å²) in [5.41, 5.74) is 1.70. The van der Waals surface area contributed by atoms with Gasteiger partial charge in [0.2, 0.25) is 0 Å². The van der Waals surface area contributed by atoms with Crippen LogP contribution in [0.2, 0.25) is 5.02 Å². The van der Waals surface area contributed by atoms with Gasteiger partial charge in [-0.2, -0.15) is 0 Å². The molecule has 0 unspecified atom stereocenters. The zero-order valence-corrected chi connectivity index (χ0v) is 14.9. The van der Waals surface area contributed by atoms with Crippen LogP contribution in [0.4, 0.5) is 11.4 Å². The maximum absolute atomic E-state index is 12.4. The topological polar surface area (TPSA) is 62.4 Å². The number of benzene rings is 2. The quantitative estimate of drug-likeness (QED) is 0.703. The second-order valence-electron chi connectivity index (χ2n) is 4.83. The van der Waals surface area contributed by atoms with Crippen molar-refractivity contribution in [2.24, 2.45) is 0 Å². The molecule has 0 spiro atoms. The van der Waals surface area contributed by atoms with Crippen molar-refractivity contribution >= 4 is 46.2 Å². The number of ether oxygens (including phenoxy) is 1. The molecule has 0 fully saturated rings. The molecule has 0 aliphatic carbocycles. The monoisotopic (exact) mass is 363 g/mol. The van der Waals surface area contributed by atoms with E-state index in [4.69, 9.17) is 28.6 Å². The zero-order chi connectivity index (χ0) is 17.5. The first-order valence-electron chi connectivity index (χ1n) is 7.34. The van der Waals surface area contributed by atoms with Gasteiger partial charge in [0.1, 0.15) is 5.75 Å². The van der Waals surface area contributed by atoms with Crippen molar-refractivity contribution in [1.29, 1.82) is 0 Å². The van der Waals surface area contributed by atoms with Crippen molar-refractivity contribution in [3.8, 4) is 5.75 Å². The highest BCUT2D eigenvalue weighted by Gasteiger charge is 2.13. The Morgan fingerprint density at radius 1 is 1.21 bits per heavy atom. The number of rotatable bonds is 5. The van der Waals surface area contributed by atoms with Crippen molar-refractivity contribution in [1.82, 2.24) is 5.32 Å². The lowest BCUT2D eigenvalue weighted by atomic mass is 10.2. The van der Waals surface area contributed by atoms with E-state index in [1.165, 1.54) is 7.11 Å². The summed E-state index contributed by atoms with van der Waals surface area (Å²) >= 11 is 11.2. The molecule has 0 aliphatic rings. The van der Waals surface area contributed by atoms with Crippen LogP contribution in [-0.4, -0.2) is 24.7 Å². The Morgan fingerprint density at radius 3 is 2.62 bits per heavy atom. The average Bonchev–Trinajstić information content (AvgIpc) is 2.56. The number of hydrogen-bond donors (Lipinski definition) is 3. The summed E-state index contributed by atoms with van der Waals surface area (Å²) in [5.74, 6) is 0.211. The molecular formula is C17H18ClN3O2S. The third kappa shape index (κ3) is 4.59. The third-order valence-electron chi connectivity index (χ3n) is 3.16. The van der Waals surface area contributed by atoms with Crippen LogP contribution in [0.1, 0.15) is 17.3 Å². The molecule has 3 N–H and O–H groups in total. The second-order valence-corrected chi connectivity index (χ2v) is 5.65. The summed E-state index contributed by atoms with van der Waals surface area (Å²) < 4.78 is 5.34. The summed E-state index contributed by atoms with van der Waals surface area (Å²) in [5, 5.41) is 9.76. The van der Waals surface area contributed by atoms with Crippen LogP contribution in [0.3, 0.4) is 0 Å². The highest BCUT2D eigenvalue weighted by Crippen LogP contribution is 2.29. The zero-order valence-electron chi connectivity index (χ0n) is 13.4. The summed E-state index contributed by atoms with van der Waals surface area (Å²) in [4.78, 5) is 12.4. The van der Waals surface area contributed by atoms with Gasteiger partial charge < -0.3 is 20.7 Å². The molecule has 0 saturated heterocycles. The van der Waals surface area contributed by atoms with E-state index in [9.17, 15) is 4.79 Å². The fourth-order valence-corrected chi connectivity index (χ4v) is 2.53. The maximum Gasteiger partial charge on any atom is 0.257 e. The molecular weight excluding hydrogens is 346 g/mol. The van der Waals surface area contributed by atoms with Gasteiger partial charge in [-0.1, -0.05) is 23.7 Å². The highest BCUT2D eigenvalue weighted by atomic mass is 35.5. The first kappa shape index (κ1) is 18.0. The Bertz CT molecular complexity index is 752. The Labute approximate surface area is 151 Å². The summed E-state index contributed by atoms with van der Waals surface area (Å²) in [6.45, 7) is 2.69. The molecule has 2 aromatic carbocycles. The molecule has 0 aromatic heterocycles. The van der Waals surface area contributed by atoms with Crippen molar-refractivity contribution < 1.29 is 9.53 Å². The fraction of sp³-hybridized carbons (Fsp3) is 0.176. The van der Waals surface area contributed by atoms with Crippen LogP contribution in [0.15, 0.2) is 42.5 Å². The number of thiocarbonyl (C=S) groups is 1. The number of hydrogen-bond acceptors (Lipinski definition) is 3.